The van der Waals surface area contributed by atoms with Crippen molar-refractivity contribution in [2.45, 2.75) is 19.4 Å². The third kappa shape index (κ3) is 1.56. The van der Waals surface area contributed by atoms with Crippen LogP contribution in [0.5, 0.6) is 0 Å². The molecule has 0 N–H and O–H groups in total. The van der Waals surface area contributed by atoms with E-state index < -0.39 is 0 Å². The van der Waals surface area contributed by atoms with E-state index in [1.165, 1.54) is 21.0 Å². The van der Waals surface area contributed by atoms with Crippen LogP contribution in [0.2, 0.25) is 0 Å². The molecule has 1 aliphatic rings. The van der Waals surface area contributed by atoms with Gasteiger partial charge in [0, 0.05) is 0 Å². The molecule has 0 spiro atoms. The lowest BCUT2D eigenvalue weighted by molar-refractivity contribution is 0.732. The van der Waals surface area contributed by atoms with Crippen molar-refractivity contribution in [1.82, 2.24) is 0 Å². The van der Waals surface area contributed by atoms with Crippen molar-refractivity contribution in [3.8, 4) is 0 Å². The second kappa shape index (κ2) is 3.58. The Hall–Kier alpha value is -0.930. The van der Waals surface area contributed by atoms with E-state index in [4.69, 9.17) is 4.99 Å². The van der Waals surface area contributed by atoms with E-state index in [-0.39, 0.29) is 0 Å². The van der Waals surface area contributed by atoms with Crippen molar-refractivity contribution in [3.05, 3.63) is 44.3 Å². The molecule has 0 amide bonds. The van der Waals surface area contributed by atoms with Crippen LogP contribution < -0.4 is 0 Å². The predicted molar refractivity (Wildman–Crippen MR) is 67.4 cm³/mol. The molecule has 0 radical (unpaired) electrons. The molecular weight excluding hydrogens is 222 g/mol. The lowest BCUT2D eigenvalue weighted by atomic mass is 10.0. The largest absolute Gasteiger partial charge is 0.279 e. The Morgan fingerprint density at radius 2 is 2.20 bits per heavy atom. The summed E-state index contributed by atoms with van der Waals surface area (Å²) in [6.07, 6.45) is 1.09. The van der Waals surface area contributed by atoms with Crippen molar-refractivity contribution in [3.63, 3.8) is 0 Å². The zero-order valence-electron chi connectivity index (χ0n) is 8.43. The van der Waals surface area contributed by atoms with Gasteiger partial charge >= 0.3 is 0 Å². The summed E-state index contributed by atoms with van der Waals surface area (Å²) in [5, 5.41) is 4.29. The fourth-order valence-corrected chi connectivity index (χ4v) is 3.67. The third-order valence-corrected chi connectivity index (χ3v) is 4.42. The van der Waals surface area contributed by atoms with Crippen molar-refractivity contribution in [2.75, 3.05) is 0 Å². The quantitative estimate of drug-likeness (QED) is 0.714. The molecule has 0 aromatic carbocycles. The molecule has 2 aromatic rings. The van der Waals surface area contributed by atoms with Gasteiger partial charge < -0.3 is 0 Å². The summed E-state index contributed by atoms with van der Waals surface area (Å²) in [6, 6.07) is 6.91. The normalized spacial score (nSPS) is 19.8. The van der Waals surface area contributed by atoms with E-state index in [9.17, 15) is 0 Å². The molecule has 1 atom stereocenters. The molecule has 2 aromatic heterocycles. The van der Waals surface area contributed by atoms with E-state index in [2.05, 4.69) is 35.9 Å². The minimum atomic E-state index is 0.421. The van der Waals surface area contributed by atoms with Gasteiger partial charge in [-0.05, 0) is 41.8 Å². The van der Waals surface area contributed by atoms with Crippen molar-refractivity contribution in [2.24, 2.45) is 4.99 Å². The van der Waals surface area contributed by atoms with Gasteiger partial charge in [-0.25, -0.2) is 0 Å². The maximum absolute atomic E-state index is 4.78. The molecule has 0 saturated heterocycles. The average Bonchev–Trinajstić information content (AvgIpc) is 2.86. The van der Waals surface area contributed by atoms with Gasteiger partial charge in [0.15, 0.2) is 0 Å². The van der Waals surface area contributed by atoms with Gasteiger partial charge in [-0.2, -0.15) is 0 Å². The summed E-state index contributed by atoms with van der Waals surface area (Å²) in [5.74, 6) is 0. The van der Waals surface area contributed by atoms with Crippen LogP contribution >= 0.6 is 22.7 Å². The number of hydrogen-bond donors (Lipinski definition) is 0. The summed E-state index contributed by atoms with van der Waals surface area (Å²) in [5.41, 5.74) is 2.67. The summed E-state index contributed by atoms with van der Waals surface area (Å²) in [7, 11) is 0. The first-order valence-electron chi connectivity index (χ1n) is 5.03. The second-order valence-electron chi connectivity index (χ2n) is 3.78. The average molecular weight is 233 g/mol. The molecule has 1 aliphatic heterocycles. The van der Waals surface area contributed by atoms with E-state index in [0.29, 0.717) is 6.04 Å². The van der Waals surface area contributed by atoms with Gasteiger partial charge in [0.05, 0.1) is 21.5 Å². The molecule has 3 heteroatoms. The fraction of sp³-hybridized carbons (Fsp3) is 0.250. The highest BCUT2D eigenvalue weighted by Crippen LogP contribution is 2.29. The molecule has 0 aliphatic carbocycles. The van der Waals surface area contributed by atoms with Gasteiger partial charge in [0.25, 0.3) is 0 Å². The first kappa shape index (κ1) is 9.31. The van der Waals surface area contributed by atoms with Gasteiger partial charge in [0.1, 0.15) is 0 Å². The molecule has 1 nitrogen and oxygen atoms in total. The minimum Gasteiger partial charge on any atom is -0.279 e. The number of thiophene rings is 2. The van der Waals surface area contributed by atoms with Crippen LogP contribution in [-0.4, -0.2) is 11.8 Å². The van der Waals surface area contributed by atoms with Crippen molar-refractivity contribution >= 4 is 28.4 Å². The number of nitrogens with zero attached hydrogens (tertiary/aromatic N) is 1. The van der Waals surface area contributed by atoms with E-state index in [0.717, 1.165) is 6.42 Å². The summed E-state index contributed by atoms with van der Waals surface area (Å²) in [4.78, 5) is 7.44. The smallest absolute Gasteiger partial charge is 0.0924 e. The molecule has 76 valence electrons. The topological polar surface area (TPSA) is 12.4 Å². The van der Waals surface area contributed by atoms with Gasteiger partial charge in [-0.3, -0.25) is 4.99 Å². The zero-order valence-corrected chi connectivity index (χ0v) is 10.1. The monoisotopic (exact) mass is 233 g/mol. The van der Waals surface area contributed by atoms with Crippen LogP contribution in [0, 0.1) is 0 Å². The first-order chi connectivity index (χ1) is 7.34. The number of hydrogen-bond acceptors (Lipinski definition) is 3. The highest BCUT2D eigenvalue weighted by molar-refractivity contribution is 7.16. The van der Waals surface area contributed by atoms with Gasteiger partial charge in [0.2, 0.25) is 0 Å². The van der Waals surface area contributed by atoms with Crippen LogP contribution in [0.1, 0.15) is 22.2 Å². The van der Waals surface area contributed by atoms with Crippen LogP contribution in [0.25, 0.3) is 0 Å². The molecule has 0 saturated carbocycles. The van der Waals surface area contributed by atoms with Crippen molar-refractivity contribution < 1.29 is 0 Å². The fourth-order valence-electron chi connectivity index (χ4n) is 1.94. The highest BCUT2D eigenvalue weighted by Gasteiger charge is 2.20. The lowest BCUT2D eigenvalue weighted by Gasteiger charge is -2.16. The summed E-state index contributed by atoms with van der Waals surface area (Å²) < 4.78 is 0. The Kier molecular flexibility index (Phi) is 2.22. The van der Waals surface area contributed by atoms with Gasteiger partial charge in [-0.15, -0.1) is 22.7 Å². The summed E-state index contributed by atoms with van der Waals surface area (Å²) >= 11 is 3.58. The standard InChI is InChI=1S/C12H11NS2/c1-8-7-9-4-6-15-12(9)11(13-8)10-3-2-5-14-10/h2-6,8H,7H2,1H3. The van der Waals surface area contributed by atoms with Crippen molar-refractivity contribution in [1.29, 1.82) is 0 Å². The molecule has 3 rings (SSSR count). The number of aliphatic imine (C=N–C) groups is 1. The van der Waals surface area contributed by atoms with E-state index in [1.807, 2.05) is 11.3 Å². The summed E-state index contributed by atoms with van der Waals surface area (Å²) in [6.45, 7) is 2.19. The molecule has 0 bridgehead atoms. The molecular formula is C12H11NS2. The Balaban J connectivity index is 2.15. The molecule has 0 fully saturated rings. The van der Waals surface area contributed by atoms with Crippen LogP contribution in [-0.2, 0) is 6.42 Å². The van der Waals surface area contributed by atoms with E-state index >= 15 is 0 Å². The lowest BCUT2D eigenvalue weighted by Crippen LogP contribution is -2.16. The Morgan fingerprint density at radius 3 is 3.00 bits per heavy atom. The van der Waals surface area contributed by atoms with Crippen LogP contribution in [0.3, 0.4) is 0 Å². The maximum atomic E-state index is 4.78. The Morgan fingerprint density at radius 1 is 1.27 bits per heavy atom. The molecule has 15 heavy (non-hydrogen) atoms. The van der Waals surface area contributed by atoms with E-state index in [1.54, 1.807) is 11.3 Å². The van der Waals surface area contributed by atoms with Gasteiger partial charge in [-0.1, -0.05) is 6.07 Å². The number of rotatable bonds is 1. The minimum absolute atomic E-state index is 0.421. The number of fused-ring (bicyclic) bond motifs is 1. The third-order valence-electron chi connectivity index (χ3n) is 2.58. The Labute approximate surface area is 97.1 Å². The molecule has 1 unspecified atom stereocenters. The first-order valence-corrected chi connectivity index (χ1v) is 6.79. The maximum Gasteiger partial charge on any atom is 0.0924 e. The molecule has 3 heterocycles. The SMILES string of the molecule is CC1Cc2ccsc2C(c2cccs2)=N1. The highest BCUT2D eigenvalue weighted by atomic mass is 32.1. The Bertz CT molecular complexity index is 493. The predicted octanol–water partition coefficient (Wildman–Crippen LogP) is 3.59. The van der Waals surface area contributed by atoms with Crippen LogP contribution in [0.15, 0.2) is 34.0 Å². The zero-order chi connectivity index (χ0) is 10.3. The second-order valence-corrected chi connectivity index (χ2v) is 5.65. The van der Waals surface area contributed by atoms with Crippen LogP contribution in [0.4, 0.5) is 0 Å².